The van der Waals surface area contributed by atoms with E-state index < -0.39 is 23.5 Å². The van der Waals surface area contributed by atoms with Crippen molar-refractivity contribution < 1.29 is 72.2 Å². The summed E-state index contributed by atoms with van der Waals surface area (Å²) in [5.74, 6) is 0. The second-order valence-corrected chi connectivity index (χ2v) is 4.98. The predicted octanol–water partition coefficient (Wildman–Crippen LogP) is -0.452. The van der Waals surface area contributed by atoms with Crippen molar-refractivity contribution in [3.05, 3.63) is 70.8 Å². The Labute approximate surface area is 190 Å². The third-order valence-corrected chi connectivity index (χ3v) is 3.18. The van der Waals surface area contributed by atoms with Crippen molar-refractivity contribution in [1.82, 2.24) is 0 Å². The Kier molecular flexibility index (Phi) is 15.7. The summed E-state index contributed by atoms with van der Waals surface area (Å²) in [7, 11) is 0. The number of alkyl halides is 6. The fourth-order valence-electron chi connectivity index (χ4n) is 2.07. The minimum atomic E-state index is -4.37. The monoisotopic (exact) mass is 635 g/mol. The van der Waals surface area contributed by atoms with Gasteiger partial charge < -0.3 is 24.8 Å². The van der Waals surface area contributed by atoms with E-state index in [1.165, 1.54) is 36.4 Å². The first-order valence-electron chi connectivity index (χ1n) is 7.15. The van der Waals surface area contributed by atoms with Crippen LogP contribution in [-0.4, -0.2) is 0 Å². The normalized spacial score (nSPS) is 9.79. The zero-order valence-corrected chi connectivity index (χ0v) is 18.1. The summed E-state index contributed by atoms with van der Waals surface area (Å²) in [5, 5.41) is 16.6. The molecular formula is C18H12Cl2F6N2Pt. The van der Waals surface area contributed by atoms with E-state index in [-0.39, 0.29) is 69.8 Å². The maximum atomic E-state index is 12.3. The van der Waals surface area contributed by atoms with E-state index in [0.29, 0.717) is 0 Å². The van der Waals surface area contributed by atoms with Crippen LogP contribution in [0.3, 0.4) is 0 Å². The zero-order valence-electron chi connectivity index (χ0n) is 14.3. The van der Waals surface area contributed by atoms with Gasteiger partial charge in [0.15, 0.2) is 0 Å². The Balaban J connectivity index is -0.000000422. The van der Waals surface area contributed by atoms with E-state index >= 15 is 0 Å². The molecule has 160 valence electrons. The van der Waals surface area contributed by atoms with Gasteiger partial charge in [0.05, 0.1) is 36.1 Å². The summed E-state index contributed by atoms with van der Waals surface area (Å²) >= 11 is 0. The topological polar surface area (TPSA) is 47.6 Å². The standard InChI is InChI=1S/2C9H6F3N.2ClH.Pt/c2*10-9(11,12)8-4-2-1-3-7(8)5-6-13;;;/h2*1-4H,5H2;2*1H;/q;;;;+2/p-2. The Bertz CT molecular complexity index is 757. The van der Waals surface area contributed by atoms with Gasteiger partial charge >= 0.3 is 33.4 Å². The summed E-state index contributed by atoms with van der Waals surface area (Å²) in [6, 6.07) is 13.6. The number of hydrogen-bond donors (Lipinski definition) is 0. The number of hydrogen-bond acceptors (Lipinski definition) is 2. The zero-order chi connectivity index (χ0) is 19.8. The smallest absolute Gasteiger partial charge is 1.00 e. The van der Waals surface area contributed by atoms with Gasteiger partial charge in [0.2, 0.25) is 0 Å². The third kappa shape index (κ3) is 10.6. The Morgan fingerprint density at radius 2 is 0.897 bits per heavy atom. The van der Waals surface area contributed by atoms with Crippen molar-refractivity contribution in [3.63, 3.8) is 0 Å². The van der Waals surface area contributed by atoms with Gasteiger partial charge in [-0.3, -0.25) is 0 Å². The number of nitriles is 2. The van der Waals surface area contributed by atoms with Crippen molar-refractivity contribution in [2.45, 2.75) is 25.2 Å². The van der Waals surface area contributed by atoms with Crippen LogP contribution < -0.4 is 24.8 Å². The van der Waals surface area contributed by atoms with Gasteiger partial charge in [0.25, 0.3) is 0 Å². The Hall–Kier alpha value is -1.73. The van der Waals surface area contributed by atoms with Crippen LogP contribution in [0.4, 0.5) is 26.3 Å². The van der Waals surface area contributed by atoms with Crippen molar-refractivity contribution in [2.75, 3.05) is 0 Å². The van der Waals surface area contributed by atoms with Crippen LogP contribution in [0.5, 0.6) is 0 Å². The molecule has 0 fully saturated rings. The fraction of sp³-hybridized carbons (Fsp3) is 0.222. The van der Waals surface area contributed by atoms with Gasteiger partial charge in [0, 0.05) is 0 Å². The first kappa shape index (κ1) is 31.9. The summed E-state index contributed by atoms with van der Waals surface area (Å²) in [4.78, 5) is 0. The third-order valence-electron chi connectivity index (χ3n) is 3.18. The van der Waals surface area contributed by atoms with Gasteiger partial charge in [-0.05, 0) is 23.3 Å². The van der Waals surface area contributed by atoms with Gasteiger partial charge in [-0.15, -0.1) is 0 Å². The van der Waals surface area contributed by atoms with Gasteiger partial charge in [0.1, 0.15) is 0 Å². The summed E-state index contributed by atoms with van der Waals surface area (Å²) in [6.07, 6.45) is -9.16. The second-order valence-electron chi connectivity index (χ2n) is 4.98. The van der Waals surface area contributed by atoms with Gasteiger partial charge in [-0.1, -0.05) is 36.4 Å². The molecule has 0 saturated heterocycles. The second kappa shape index (κ2) is 14.3. The molecule has 0 bridgehead atoms. The van der Waals surface area contributed by atoms with E-state index in [0.717, 1.165) is 12.1 Å². The molecule has 0 aliphatic heterocycles. The molecule has 0 saturated carbocycles. The van der Waals surface area contributed by atoms with Crippen LogP contribution >= 0.6 is 0 Å². The minimum Gasteiger partial charge on any atom is -1.00 e. The van der Waals surface area contributed by atoms with Crippen LogP contribution in [0.15, 0.2) is 48.5 Å². The molecule has 0 aromatic heterocycles. The van der Waals surface area contributed by atoms with Crippen molar-refractivity contribution in [3.8, 4) is 12.1 Å². The average Bonchev–Trinajstić information content (AvgIpc) is 2.55. The van der Waals surface area contributed by atoms with E-state index in [1.54, 1.807) is 12.1 Å². The van der Waals surface area contributed by atoms with Crippen LogP contribution in [0.1, 0.15) is 22.3 Å². The molecule has 29 heavy (non-hydrogen) atoms. The molecule has 2 aromatic carbocycles. The molecule has 0 amide bonds. The first-order chi connectivity index (χ1) is 12.1. The first-order valence-corrected chi connectivity index (χ1v) is 7.15. The number of nitrogens with zero attached hydrogens (tertiary/aromatic N) is 2. The quantitative estimate of drug-likeness (QED) is 0.420. The Morgan fingerprint density at radius 3 is 1.14 bits per heavy atom. The van der Waals surface area contributed by atoms with E-state index in [9.17, 15) is 26.3 Å². The number of halogens is 8. The summed E-state index contributed by atoms with van der Waals surface area (Å²) in [5.41, 5.74) is -1.40. The van der Waals surface area contributed by atoms with Gasteiger partial charge in [-0.2, -0.15) is 36.9 Å². The fourth-order valence-corrected chi connectivity index (χ4v) is 2.07. The van der Waals surface area contributed by atoms with Crippen molar-refractivity contribution in [2.24, 2.45) is 0 Å². The van der Waals surface area contributed by atoms with Crippen LogP contribution in [0.25, 0.3) is 0 Å². The molecule has 0 N–H and O–H groups in total. The number of benzene rings is 2. The molecule has 0 aliphatic carbocycles. The molecule has 0 aliphatic rings. The molecule has 0 radical (unpaired) electrons. The maximum Gasteiger partial charge on any atom is 2.00 e. The molecule has 2 nitrogen and oxygen atoms in total. The molecule has 11 heteroatoms. The van der Waals surface area contributed by atoms with Gasteiger partial charge in [-0.25, -0.2) is 0 Å². The molecule has 0 spiro atoms. The van der Waals surface area contributed by atoms with Crippen molar-refractivity contribution >= 4 is 0 Å². The van der Waals surface area contributed by atoms with Crippen molar-refractivity contribution in [1.29, 1.82) is 10.5 Å². The molecule has 0 unspecified atom stereocenters. The van der Waals surface area contributed by atoms with E-state index in [4.69, 9.17) is 10.5 Å². The molecule has 0 heterocycles. The maximum absolute atomic E-state index is 12.3. The van der Waals surface area contributed by atoms with E-state index in [2.05, 4.69) is 0 Å². The van der Waals surface area contributed by atoms with Crippen LogP contribution in [0, 0.1) is 22.7 Å². The largest absolute Gasteiger partial charge is 2.00 e. The van der Waals surface area contributed by atoms with Crippen LogP contribution in [-0.2, 0) is 46.3 Å². The summed E-state index contributed by atoms with van der Waals surface area (Å²) in [6.45, 7) is 0. The predicted molar refractivity (Wildman–Crippen MR) is 81.5 cm³/mol. The Morgan fingerprint density at radius 1 is 0.621 bits per heavy atom. The van der Waals surface area contributed by atoms with E-state index in [1.807, 2.05) is 0 Å². The summed E-state index contributed by atoms with van der Waals surface area (Å²) < 4.78 is 73.6. The molecule has 2 rings (SSSR count). The average molecular weight is 636 g/mol. The minimum absolute atomic E-state index is 0. The SMILES string of the molecule is N#CCc1ccccc1C(F)(F)F.N#CCc1ccccc1C(F)(F)F.[Cl-].[Cl-].[Pt+2]. The molecule has 0 atom stereocenters. The molecule has 2 aromatic rings. The number of rotatable bonds is 2. The molecular weight excluding hydrogens is 624 g/mol. The van der Waals surface area contributed by atoms with Crippen LogP contribution in [0.2, 0.25) is 0 Å².